The van der Waals surface area contributed by atoms with Gasteiger partial charge in [-0.25, -0.2) is 0 Å². The molecular weight excluding hydrogens is 194 g/mol. The quantitative estimate of drug-likeness (QED) is 0.712. The molecule has 14 heavy (non-hydrogen) atoms. The van der Waals surface area contributed by atoms with Gasteiger partial charge in [0.1, 0.15) is 0 Å². The van der Waals surface area contributed by atoms with Crippen LogP contribution in [0.1, 0.15) is 33.1 Å². The fourth-order valence-corrected chi connectivity index (χ4v) is 2.65. The maximum absolute atomic E-state index is 9.11. The third kappa shape index (κ3) is 3.14. The Kier molecular flexibility index (Phi) is 4.29. The molecule has 0 unspecified atom stereocenters. The Balaban J connectivity index is 2.20. The SMILES string of the molecule is CSC1(CNCC(C)(C)CO)CCC1. The second kappa shape index (κ2) is 4.86. The standard InChI is InChI=1S/C11H23NOS/c1-10(2,9-13)7-12-8-11(14-3)5-4-6-11/h12-13H,4-9H2,1-3H3. The molecule has 0 amide bonds. The van der Waals surface area contributed by atoms with E-state index in [1.165, 1.54) is 19.3 Å². The molecule has 84 valence electrons. The third-order valence-electron chi connectivity index (χ3n) is 3.18. The van der Waals surface area contributed by atoms with Gasteiger partial charge in [-0.3, -0.25) is 0 Å². The first kappa shape index (κ1) is 12.3. The van der Waals surface area contributed by atoms with Gasteiger partial charge in [0.05, 0.1) is 0 Å². The lowest BCUT2D eigenvalue weighted by atomic mass is 9.84. The third-order valence-corrected chi connectivity index (χ3v) is 4.60. The van der Waals surface area contributed by atoms with E-state index in [2.05, 4.69) is 25.4 Å². The van der Waals surface area contributed by atoms with Crippen molar-refractivity contribution in [2.75, 3.05) is 26.0 Å². The van der Waals surface area contributed by atoms with Gasteiger partial charge in [0.15, 0.2) is 0 Å². The lowest BCUT2D eigenvalue weighted by Crippen LogP contribution is -2.46. The summed E-state index contributed by atoms with van der Waals surface area (Å²) >= 11 is 1.99. The van der Waals surface area contributed by atoms with E-state index in [0.29, 0.717) is 4.75 Å². The van der Waals surface area contributed by atoms with E-state index in [0.717, 1.165) is 13.1 Å². The Labute approximate surface area is 91.9 Å². The summed E-state index contributed by atoms with van der Waals surface area (Å²) in [5.41, 5.74) is 0.0172. The van der Waals surface area contributed by atoms with Crippen LogP contribution in [0, 0.1) is 5.41 Å². The summed E-state index contributed by atoms with van der Waals surface area (Å²) in [6.45, 7) is 6.44. The highest BCUT2D eigenvalue weighted by Crippen LogP contribution is 2.42. The van der Waals surface area contributed by atoms with Crippen LogP contribution in [0.2, 0.25) is 0 Å². The molecule has 0 heterocycles. The molecule has 0 aromatic rings. The van der Waals surface area contributed by atoms with Crippen LogP contribution in [0.4, 0.5) is 0 Å². The number of aliphatic hydroxyl groups excluding tert-OH is 1. The molecule has 1 rings (SSSR count). The Morgan fingerprint density at radius 2 is 2.07 bits per heavy atom. The van der Waals surface area contributed by atoms with Gasteiger partial charge in [0.25, 0.3) is 0 Å². The van der Waals surface area contributed by atoms with Crippen molar-refractivity contribution in [3.63, 3.8) is 0 Å². The van der Waals surface area contributed by atoms with E-state index in [9.17, 15) is 0 Å². The number of hydrogen-bond acceptors (Lipinski definition) is 3. The van der Waals surface area contributed by atoms with Gasteiger partial charge in [-0.05, 0) is 19.1 Å². The fraction of sp³-hybridized carbons (Fsp3) is 1.00. The highest BCUT2D eigenvalue weighted by Gasteiger charge is 2.35. The summed E-state index contributed by atoms with van der Waals surface area (Å²) in [4.78, 5) is 0. The van der Waals surface area contributed by atoms with E-state index >= 15 is 0 Å². The van der Waals surface area contributed by atoms with Crippen molar-refractivity contribution < 1.29 is 5.11 Å². The number of rotatable bonds is 6. The fourth-order valence-electron chi connectivity index (χ4n) is 1.71. The molecule has 0 bridgehead atoms. The summed E-state index contributed by atoms with van der Waals surface area (Å²) in [5, 5.41) is 12.6. The molecule has 1 aliphatic carbocycles. The maximum atomic E-state index is 9.11. The normalized spacial score (nSPS) is 20.6. The molecule has 0 aromatic carbocycles. The van der Waals surface area contributed by atoms with Gasteiger partial charge in [-0.2, -0.15) is 11.8 Å². The maximum Gasteiger partial charge on any atom is 0.0494 e. The molecule has 0 aliphatic heterocycles. The average Bonchev–Trinajstić information content (AvgIpc) is 2.10. The predicted molar refractivity (Wildman–Crippen MR) is 63.8 cm³/mol. The van der Waals surface area contributed by atoms with Crippen LogP contribution in [-0.2, 0) is 0 Å². The molecule has 0 spiro atoms. The van der Waals surface area contributed by atoms with Gasteiger partial charge in [-0.15, -0.1) is 0 Å². The van der Waals surface area contributed by atoms with Crippen LogP contribution in [-0.4, -0.2) is 35.8 Å². The van der Waals surface area contributed by atoms with Crippen molar-refractivity contribution in [2.45, 2.75) is 37.9 Å². The molecular formula is C11H23NOS. The second-order valence-corrected chi connectivity index (χ2v) is 6.44. The van der Waals surface area contributed by atoms with Gasteiger partial charge in [-0.1, -0.05) is 20.3 Å². The van der Waals surface area contributed by atoms with Gasteiger partial charge in [0, 0.05) is 29.9 Å². The molecule has 1 saturated carbocycles. The molecule has 1 aliphatic rings. The molecule has 3 heteroatoms. The zero-order valence-electron chi connectivity index (χ0n) is 9.60. The number of nitrogens with one attached hydrogen (secondary N) is 1. The smallest absolute Gasteiger partial charge is 0.0494 e. The lowest BCUT2D eigenvalue weighted by molar-refractivity contribution is 0.154. The summed E-state index contributed by atoms with van der Waals surface area (Å²) in [7, 11) is 0. The molecule has 2 N–H and O–H groups in total. The van der Waals surface area contributed by atoms with Gasteiger partial charge >= 0.3 is 0 Å². The van der Waals surface area contributed by atoms with E-state index < -0.39 is 0 Å². The van der Waals surface area contributed by atoms with E-state index in [4.69, 9.17) is 5.11 Å². The van der Waals surface area contributed by atoms with E-state index in [-0.39, 0.29) is 12.0 Å². The topological polar surface area (TPSA) is 32.3 Å². The zero-order valence-corrected chi connectivity index (χ0v) is 10.4. The highest BCUT2D eigenvalue weighted by molar-refractivity contribution is 8.00. The Morgan fingerprint density at radius 1 is 1.43 bits per heavy atom. The molecule has 1 fully saturated rings. The summed E-state index contributed by atoms with van der Waals surface area (Å²) in [6.07, 6.45) is 6.28. The zero-order chi connectivity index (χ0) is 10.7. The van der Waals surface area contributed by atoms with Crippen molar-refractivity contribution in [3.8, 4) is 0 Å². The Bertz CT molecular complexity index is 173. The average molecular weight is 217 g/mol. The lowest BCUT2D eigenvalue weighted by Gasteiger charge is -2.41. The molecule has 2 nitrogen and oxygen atoms in total. The van der Waals surface area contributed by atoms with Crippen LogP contribution in [0.3, 0.4) is 0 Å². The first-order valence-electron chi connectivity index (χ1n) is 5.40. The molecule has 0 saturated heterocycles. The van der Waals surface area contributed by atoms with Crippen LogP contribution < -0.4 is 5.32 Å². The first-order valence-corrected chi connectivity index (χ1v) is 6.63. The van der Waals surface area contributed by atoms with Crippen molar-refractivity contribution >= 4 is 11.8 Å². The van der Waals surface area contributed by atoms with Crippen LogP contribution >= 0.6 is 11.8 Å². The number of thioether (sulfide) groups is 1. The summed E-state index contributed by atoms with van der Waals surface area (Å²) < 4.78 is 0.505. The minimum absolute atomic E-state index is 0.0172. The van der Waals surface area contributed by atoms with Crippen molar-refractivity contribution in [1.82, 2.24) is 5.32 Å². The number of aliphatic hydroxyl groups is 1. The Morgan fingerprint density at radius 3 is 2.43 bits per heavy atom. The summed E-state index contributed by atoms with van der Waals surface area (Å²) in [5.74, 6) is 0. The minimum Gasteiger partial charge on any atom is -0.396 e. The van der Waals surface area contributed by atoms with Crippen LogP contribution in [0.5, 0.6) is 0 Å². The van der Waals surface area contributed by atoms with E-state index in [1.807, 2.05) is 11.8 Å². The molecule has 0 aromatic heterocycles. The van der Waals surface area contributed by atoms with Crippen molar-refractivity contribution in [1.29, 1.82) is 0 Å². The van der Waals surface area contributed by atoms with Crippen molar-refractivity contribution in [3.05, 3.63) is 0 Å². The predicted octanol–water partition coefficient (Wildman–Crippen LogP) is 1.88. The second-order valence-electron chi connectivity index (χ2n) is 5.17. The van der Waals surface area contributed by atoms with Crippen molar-refractivity contribution in [2.24, 2.45) is 5.41 Å². The van der Waals surface area contributed by atoms with Crippen LogP contribution in [0.25, 0.3) is 0 Å². The van der Waals surface area contributed by atoms with Crippen LogP contribution in [0.15, 0.2) is 0 Å². The van der Waals surface area contributed by atoms with Gasteiger partial charge in [0.2, 0.25) is 0 Å². The first-order chi connectivity index (χ1) is 6.54. The largest absolute Gasteiger partial charge is 0.396 e. The Hall–Kier alpha value is 0.270. The highest BCUT2D eigenvalue weighted by atomic mass is 32.2. The minimum atomic E-state index is 0.0172. The monoisotopic (exact) mass is 217 g/mol. The molecule has 0 radical (unpaired) electrons. The van der Waals surface area contributed by atoms with Gasteiger partial charge < -0.3 is 10.4 Å². The molecule has 0 atom stereocenters. The summed E-state index contributed by atoms with van der Waals surface area (Å²) in [6, 6.07) is 0. The van der Waals surface area contributed by atoms with E-state index in [1.54, 1.807) is 0 Å². The number of hydrogen-bond donors (Lipinski definition) is 2.